The molecule has 7 heavy (non-hydrogen) atoms. The van der Waals surface area contributed by atoms with Crippen molar-refractivity contribution in [2.24, 2.45) is 0 Å². The van der Waals surface area contributed by atoms with Crippen molar-refractivity contribution in [2.45, 2.75) is 12.7 Å². The third-order valence-electron chi connectivity index (χ3n) is 0.665. The maximum Gasteiger partial charge on any atom is 0.227 e. The molecule has 0 saturated carbocycles. The van der Waals surface area contributed by atoms with Crippen LogP contribution in [0.3, 0.4) is 0 Å². The quantitative estimate of drug-likeness (QED) is 0.370. The molecule has 0 aromatic heterocycles. The van der Waals surface area contributed by atoms with Crippen LogP contribution in [0.2, 0.25) is 0 Å². The van der Waals surface area contributed by atoms with E-state index < -0.39 is 5.79 Å². The Morgan fingerprint density at radius 3 is 2.29 bits per heavy atom. The smallest absolute Gasteiger partial charge is 0.227 e. The summed E-state index contributed by atoms with van der Waals surface area (Å²) >= 11 is 0. The molecular weight excluding hydrogens is 92.1 g/mol. The van der Waals surface area contributed by atoms with Crippen LogP contribution in [0.15, 0.2) is 0 Å². The van der Waals surface area contributed by atoms with Gasteiger partial charge >= 0.3 is 0 Å². The minimum atomic E-state index is -1.39. The molecule has 0 heterocycles. The van der Waals surface area contributed by atoms with Crippen molar-refractivity contribution in [3.63, 3.8) is 0 Å². The van der Waals surface area contributed by atoms with Crippen molar-refractivity contribution in [3.8, 4) is 12.3 Å². The van der Waals surface area contributed by atoms with Crippen molar-refractivity contribution in [1.82, 2.24) is 0 Å². The molecule has 0 saturated heterocycles. The van der Waals surface area contributed by atoms with E-state index in [4.69, 9.17) is 11.5 Å². The summed E-state index contributed by atoms with van der Waals surface area (Å²) in [5, 5.41) is 8.67. The number of hydrogen-bond acceptors (Lipinski definition) is 2. The van der Waals surface area contributed by atoms with Gasteiger partial charge in [0, 0.05) is 14.0 Å². The molecule has 0 aromatic carbocycles. The van der Waals surface area contributed by atoms with Crippen molar-refractivity contribution in [3.05, 3.63) is 0 Å². The third kappa shape index (κ3) is 2.21. The SMILES string of the molecule is C#CC(C)(O)OC. The predicted molar refractivity (Wildman–Crippen MR) is 26.5 cm³/mol. The molecule has 40 valence electrons. The van der Waals surface area contributed by atoms with Crippen molar-refractivity contribution < 1.29 is 9.84 Å². The number of terminal acetylenes is 1. The fraction of sp³-hybridized carbons (Fsp3) is 0.600. The molecule has 0 fully saturated rings. The van der Waals surface area contributed by atoms with Gasteiger partial charge < -0.3 is 9.84 Å². The number of methoxy groups -OCH3 is 1. The minimum absolute atomic E-state index is 1.35. The molecule has 0 spiro atoms. The summed E-state index contributed by atoms with van der Waals surface area (Å²) in [5.74, 6) is 0.635. The summed E-state index contributed by atoms with van der Waals surface area (Å²) in [7, 11) is 1.35. The first-order valence-electron chi connectivity index (χ1n) is 1.87. The first-order valence-corrected chi connectivity index (χ1v) is 1.87. The zero-order valence-corrected chi connectivity index (χ0v) is 4.43. The van der Waals surface area contributed by atoms with Gasteiger partial charge in [0.25, 0.3) is 0 Å². The number of rotatable bonds is 1. The van der Waals surface area contributed by atoms with Gasteiger partial charge in [-0.15, -0.1) is 6.42 Å². The van der Waals surface area contributed by atoms with E-state index in [2.05, 4.69) is 4.74 Å². The molecule has 1 N–H and O–H groups in total. The summed E-state index contributed by atoms with van der Waals surface area (Å²) in [6.07, 6.45) is 4.79. The average Bonchev–Trinajstić information content (AvgIpc) is 1.68. The van der Waals surface area contributed by atoms with E-state index in [1.165, 1.54) is 14.0 Å². The van der Waals surface area contributed by atoms with Crippen LogP contribution in [0, 0.1) is 12.3 Å². The Hall–Kier alpha value is -0.520. The van der Waals surface area contributed by atoms with Gasteiger partial charge in [0.15, 0.2) is 0 Å². The highest BCUT2D eigenvalue weighted by atomic mass is 16.6. The normalized spacial score (nSPS) is 17.4. The van der Waals surface area contributed by atoms with E-state index >= 15 is 0 Å². The Labute approximate surface area is 43.1 Å². The molecule has 0 amide bonds. The van der Waals surface area contributed by atoms with E-state index in [1.807, 2.05) is 5.92 Å². The molecule has 0 aliphatic rings. The maximum atomic E-state index is 8.67. The summed E-state index contributed by atoms with van der Waals surface area (Å²) in [6, 6.07) is 0. The minimum Gasteiger partial charge on any atom is -0.356 e. The van der Waals surface area contributed by atoms with Crippen LogP contribution < -0.4 is 0 Å². The first kappa shape index (κ1) is 6.48. The standard InChI is InChI=1S/C5H8O2/c1-4-5(2,6)7-3/h1,6H,2-3H3. The van der Waals surface area contributed by atoms with Gasteiger partial charge in [-0.1, -0.05) is 0 Å². The molecule has 0 rings (SSSR count). The highest BCUT2D eigenvalue weighted by molar-refractivity contribution is 4.97. The Bertz CT molecular complexity index is 88.7. The zero-order valence-electron chi connectivity index (χ0n) is 4.43. The molecule has 0 bridgehead atoms. The van der Waals surface area contributed by atoms with Crippen LogP contribution in [-0.2, 0) is 4.74 Å². The maximum absolute atomic E-state index is 8.67. The molecule has 1 atom stereocenters. The fourth-order valence-corrected chi connectivity index (χ4v) is 0.0589. The lowest BCUT2D eigenvalue weighted by Gasteiger charge is -2.11. The molecule has 1 unspecified atom stereocenters. The summed E-state index contributed by atoms with van der Waals surface area (Å²) in [5.41, 5.74) is 0. The summed E-state index contributed by atoms with van der Waals surface area (Å²) in [4.78, 5) is 0. The lowest BCUT2D eigenvalue weighted by molar-refractivity contribution is -0.122. The van der Waals surface area contributed by atoms with Crippen LogP contribution in [0.1, 0.15) is 6.92 Å². The zero-order chi connectivity index (χ0) is 5.91. The van der Waals surface area contributed by atoms with Gasteiger partial charge in [-0.05, 0) is 5.92 Å². The van der Waals surface area contributed by atoms with Crippen molar-refractivity contribution >= 4 is 0 Å². The van der Waals surface area contributed by atoms with Gasteiger partial charge in [-0.2, -0.15) is 0 Å². The van der Waals surface area contributed by atoms with Gasteiger partial charge in [0.1, 0.15) is 0 Å². The van der Waals surface area contributed by atoms with E-state index in [1.54, 1.807) is 0 Å². The van der Waals surface area contributed by atoms with Gasteiger partial charge in [-0.3, -0.25) is 0 Å². The number of ether oxygens (including phenoxy) is 1. The van der Waals surface area contributed by atoms with Gasteiger partial charge in [0.2, 0.25) is 5.79 Å². The highest BCUT2D eigenvalue weighted by Crippen LogP contribution is 1.97. The van der Waals surface area contributed by atoms with Gasteiger partial charge in [0.05, 0.1) is 0 Å². The predicted octanol–water partition coefficient (Wildman–Crippen LogP) is -0.0255. The molecular formula is C5H8O2. The van der Waals surface area contributed by atoms with Gasteiger partial charge in [-0.25, -0.2) is 0 Å². The Morgan fingerprint density at radius 2 is 2.29 bits per heavy atom. The third-order valence-corrected chi connectivity index (χ3v) is 0.665. The van der Waals surface area contributed by atoms with Crippen molar-refractivity contribution in [2.75, 3.05) is 7.11 Å². The summed E-state index contributed by atoms with van der Waals surface area (Å²) in [6.45, 7) is 1.40. The average molecular weight is 100 g/mol. The van der Waals surface area contributed by atoms with Crippen molar-refractivity contribution in [1.29, 1.82) is 0 Å². The van der Waals surface area contributed by atoms with E-state index in [9.17, 15) is 0 Å². The Kier molecular flexibility index (Phi) is 1.82. The molecule has 2 nitrogen and oxygen atoms in total. The second kappa shape index (κ2) is 1.97. The number of hydrogen-bond donors (Lipinski definition) is 1. The second-order valence-corrected chi connectivity index (χ2v) is 1.33. The molecule has 0 aliphatic carbocycles. The highest BCUT2D eigenvalue weighted by Gasteiger charge is 2.11. The van der Waals surface area contributed by atoms with E-state index in [0.717, 1.165) is 0 Å². The largest absolute Gasteiger partial charge is 0.356 e. The second-order valence-electron chi connectivity index (χ2n) is 1.33. The van der Waals surface area contributed by atoms with Crippen LogP contribution in [0.4, 0.5) is 0 Å². The monoisotopic (exact) mass is 100 g/mol. The first-order chi connectivity index (χ1) is 3.12. The Balaban J connectivity index is 3.66. The topological polar surface area (TPSA) is 29.5 Å². The molecule has 0 aromatic rings. The lowest BCUT2D eigenvalue weighted by atomic mass is 10.4. The summed E-state index contributed by atoms with van der Waals surface area (Å²) < 4.78 is 4.41. The van der Waals surface area contributed by atoms with Crippen LogP contribution in [0.25, 0.3) is 0 Å². The molecule has 2 heteroatoms. The van der Waals surface area contributed by atoms with Crippen LogP contribution >= 0.6 is 0 Å². The Morgan fingerprint density at radius 1 is 1.86 bits per heavy atom. The van der Waals surface area contributed by atoms with E-state index in [0.29, 0.717) is 0 Å². The molecule has 0 aliphatic heterocycles. The molecule has 0 radical (unpaired) electrons. The van der Waals surface area contributed by atoms with E-state index in [-0.39, 0.29) is 0 Å². The lowest BCUT2D eigenvalue weighted by Crippen LogP contribution is -2.22. The van der Waals surface area contributed by atoms with Crippen LogP contribution in [-0.4, -0.2) is 18.0 Å². The number of aliphatic hydroxyl groups is 1. The van der Waals surface area contributed by atoms with Crippen LogP contribution in [0.5, 0.6) is 0 Å². The fourth-order valence-electron chi connectivity index (χ4n) is 0.0589.